The summed E-state index contributed by atoms with van der Waals surface area (Å²) in [5.74, 6) is 1.31. The third kappa shape index (κ3) is 2.90. The van der Waals surface area contributed by atoms with Gasteiger partial charge in [0.2, 0.25) is 0 Å². The average Bonchev–Trinajstić information content (AvgIpc) is 2.36. The summed E-state index contributed by atoms with van der Waals surface area (Å²) in [6, 6.07) is 3.99. The van der Waals surface area contributed by atoms with Crippen LogP contribution in [0.5, 0.6) is 0 Å². The van der Waals surface area contributed by atoms with Crippen molar-refractivity contribution in [1.82, 2.24) is 15.0 Å². The Morgan fingerprint density at radius 3 is 3.00 bits per heavy atom. The Hall–Kier alpha value is -2.17. The van der Waals surface area contributed by atoms with Crippen molar-refractivity contribution >= 4 is 11.6 Å². The number of hydrogen-bond acceptors (Lipinski definition) is 5. The van der Waals surface area contributed by atoms with E-state index in [1.165, 1.54) is 11.9 Å². The van der Waals surface area contributed by atoms with E-state index in [4.69, 9.17) is 5.73 Å². The number of hydrogen-bond donors (Lipinski definition) is 2. The lowest BCUT2D eigenvalue weighted by Gasteiger charge is -2.08. The van der Waals surface area contributed by atoms with Crippen molar-refractivity contribution < 1.29 is 0 Å². The maximum absolute atomic E-state index is 5.70. The van der Waals surface area contributed by atoms with Crippen LogP contribution in [0.2, 0.25) is 0 Å². The van der Waals surface area contributed by atoms with Gasteiger partial charge < -0.3 is 11.1 Å². The molecular formula is C12H15N5. The van der Waals surface area contributed by atoms with Gasteiger partial charge in [-0.05, 0) is 25.0 Å². The van der Waals surface area contributed by atoms with Crippen molar-refractivity contribution in [3.05, 3.63) is 42.0 Å². The standard InChI is InChI=1S/C12H15N5/c1-9-11(13)16-8-17-12(9)15-6-4-10-3-2-5-14-7-10/h2-3,5,7-8H,4,6H2,1H3,(H3,13,15,16,17). The van der Waals surface area contributed by atoms with Gasteiger partial charge in [-0.25, -0.2) is 9.97 Å². The Labute approximate surface area is 100 Å². The molecule has 0 spiro atoms. The Balaban J connectivity index is 1.93. The fraction of sp³-hybridized carbons (Fsp3) is 0.250. The second kappa shape index (κ2) is 5.25. The van der Waals surface area contributed by atoms with Gasteiger partial charge in [-0.2, -0.15) is 0 Å². The van der Waals surface area contributed by atoms with Gasteiger partial charge in [0, 0.05) is 24.5 Å². The molecule has 0 aromatic carbocycles. The molecular weight excluding hydrogens is 214 g/mol. The minimum absolute atomic E-state index is 0.517. The van der Waals surface area contributed by atoms with Crippen molar-refractivity contribution in [3.63, 3.8) is 0 Å². The number of pyridine rings is 1. The first kappa shape index (κ1) is 11.3. The van der Waals surface area contributed by atoms with Crippen LogP contribution in [0.15, 0.2) is 30.9 Å². The number of rotatable bonds is 4. The fourth-order valence-corrected chi connectivity index (χ4v) is 1.51. The highest BCUT2D eigenvalue weighted by atomic mass is 15.0. The van der Waals surface area contributed by atoms with Gasteiger partial charge in [-0.3, -0.25) is 4.98 Å². The molecule has 2 rings (SSSR count). The zero-order valence-electron chi connectivity index (χ0n) is 9.72. The summed E-state index contributed by atoms with van der Waals surface area (Å²) in [5, 5.41) is 3.24. The monoisotopic (exact) mass is 229 g/mol. The molecule has 0 amide bonds. The van der Waals surface area contributed by atoms with Crippen LogP contribution in [0.1, 0.15) is 11.1 Å². The van der Waals surface area contributed by atoms with E-state index in [1.807, 2.05) is 19.2 Å². The molecule has 0 unspecified atom stereocenters. The van der Waals surface area contributed by atoms with Crippen LogP contribution in [-0.4, -0.2) is 21.5 Å². The third-order valence-corrected chi connectivity index (χ3v) is 2.55. The van der Waals surface area contributed by atoms with Crippen LogP contribution in [0.25, 0.3) is 0 Å². The summed E-state index contributed by atoms with van der Waals surface area (Å²) in [6.07, 6.45) is 6.00. The first-order valence-corrected chi connectivity index (χ1v) is 5.47. The van der Waals surface area contributed by atoms with E-state index in [1.54, 1.807) is 6.20 Å². The summed E-state index contributed by atoms with van der Waals surface area (Å²) in [4.78, 5) is 12.1. The molecule has 0 radical (unpaired) electrons. The van der Waals surface area contributed by atoms with Crippen LogP contribution in [-0.2, 0) is 6.42 Å². The van der Waals surface area contributed by atoms with E-state index in [9.17, 15) is 0 Å². The summed E-state index contributed by atoms with van der Waals surface area (Å²) < 4.78 is 0. The molecule has 0 saturated carbocycles. The molecule has 5 heteroatoms. The van der Waals surface area contributed by atoms with Gasteiger partial charge in [-0.15, -0.1) is 0 Å². The van der Waals surface area contributed by atoms with Crippen LogP contribution in [0, 0.1) is 6.92 Å². The van der Waals surface area contributed by atoms with Crippen LogP contribution >= 0.6 is 0 Å². The van der Waals surface area contributed by atoms with E-state index in [0.717, 1.165) is 24.3 Å². The maximum atomic E-state index is 5.70. The first-order chi connectivity index (χ1) is 8.27. The lowest BCUT2D eigenvalue weighted by molar-refractivity contribution is 0.983. The topological polar surface area (TPSA) is 76.7 Å². The normalized spacial score (nSPS) is 10.2. The number of aromatic nitrogens is 3. The minimum Gasteiger partial charge on any atom is -0.383 e. The van der Waals surface area contributed by atoms with E-state index in [2.05, 4.69) is 26.3 Å². The lowest BCUT2D eigenvalue weighted by Crippen LogP contribution is -2.09. The predicted octanol–water partition coefficient (Wildman–Crippen LogP) is 1.42. The van der Waals surface area contributed by atoms with Crippen molar-refractivity contribution in [2.24, 2.45) is 0 Å². The minimum atomic E-state index is 0.517. The fourth-order valence-electron chi connectivity index (χ4n) is 1.51. The zero-order valence-corrected chi connectivity index (χ0v) is 9.72. The number of anilines is 2. The summed E-state index contributed by atoms with van der Waals surface area (Å²) in [5.41, 5.74) is 7.78. The van der Waals surface area contributed by atoms with Gasteiger partial charge in [0.25, 0.3) is 0 Å². The Bertz CT molecular complexity index is 484. The molecule has 0 saturated heterocycles. The molecule has 88 valence electrons. The molecule has 0 fully saturated rings. The summed E-state index contributed by atoms with van der Waals surface area (Å²) in [6.45, 7) is 2.70. The maximum Gasteiger partial charge on any atom is 0.134 e. The highest BCUT2D eigenvalue weighted by Gasteiger charge is 2.02. The number of nitrogens with one attached hydrogen (secondary N) is 1. The highest BCUT2D eigenvalue weighted by Crippen LogP contribution is 2.14. The second-order valence-corrected chi connectivity index (χ2v) is 3.77. The molecule has 0 atom stereocenters. The highest BCUT2D eigenvalue weighted by molar-refractivity contribution is 5.53. The molecule has 3 N–H and O–H groups in total. The van der Waals surface area contributed by atoms with E-state index in [-0.39, 0.29) is 0 Å². The average molecular weight is 229 g/mol. The molecule has 5 nitrogen and oxygen atoms in total. The molecule has 0 bridgehead atoms. The number of nitrogens with two attached hydrogens (primary N) is 1. The Morgan fingerprint density at radius 1 is 1.35 bits per heavy atom. The van der Waals surface area contributed by atoms with Crippen molar-refractivity contribution in [2.75, 3.05) is 17.6 Å². The van der Waals surface area contributed by atoms with Crippen molar-refractivity contribution in [1.29, 1.82) is 0 Å². The predicted molar refractivity (Wildman–Crippen MR) is 67.6 cm³/mol. The van der Waals surface area contributed by atoms with Gasteiger partial charge in [0.1, 0.15) is 18.0 Å². The third-order valence-electron chi connectivity index (χ3n) is 2.55. The van der Waals surface area contributed by atoms with Crippen LogP contribution in [0.4, 0.5) is 11.6 Å². The van der Waals surface area contributed by atoms with E-state index in [0.29, 0.717) is 5.82 Å². The van der Waals surface area contributed by atoms with Gasteiger partial charge in [0.05, 0.1) is 0 Å². The SMILES string of the molecule is Cc1c(N)ncnc1NCCc1cccnc1. The quantitative estimate of drug-likeness (QED) is 0.829. The molecule has 0 aliphatic heterocycles. The number of nitrogens with zero attached hydrogens (tertiary/aromatic N) is 3. The largest absolute Gasteiger partial charge is 0.383 e. The molecule has 0 aliphatic carbocycles. The van der Waals surface area contributed by atoms with E-state index < -0.39 is 0 Å². The summed E-state index contributed by atoms with van der Waals surface area (Å²) >= 11 is 0. The molecule has 17 heavy (non-hydrogen) atoms. The Kier molecular flexibility index (Phi) is 3.49. The van der Waals surface area contributed by atoms with Crippen LogP contribution < -0.4 is 11.1 Å². The van der Waals surface area contributed by atoms with Gasteiger partial charge in [-0.1, -0.05) is 6.07 Å². The first-order valence-electron chi connectivity index (χ1n) is 5.47. The van der Waals surface area contributed by atoms with Crippen molar-refractivity contribution in [2.45, 2.75) is 13.3 Å². The Morgan fingerprint density at radius 2 is 2.24 bits per heavy atom. The van der Waals surface area contributed by atoms with E-state index >= 15 is 0 Å². The molecule has 2 aromatic rings. The number of nitrogen functional groups attached to an aromatic ring is 1. The molecule has 2 heterocycles. The lowest BCUT2D eigenvalue weighted by atomic mass is 10.2. The summed E-state index contributed by atoms with van der Waals surface area (Å²) in [7, 11) is 0. The van der Waals surface area contributed by atoms with Crippen LogP contribution in [0.3, 0.4) is 0 Å². The van der Waals surface area contributed by atoms with Gasteiger partial charge in [0.15, 0.2) is 0 Å². The van der Waals surface area contributed by atoms with Gasteiger partial charge >= 0.3 is 0 Å². The second-order valence-electron chi connectivity index (χ2n) is 3.77. The zero-order chi connectivity index (χ0) is 12.1. The molecule has 0 aliphatic rings. The molecule has 2 aromatic heterocycles. The smallest absolute Gasteiger partial charge is 0.134 e. The van der Waals surface area contributed by atoms with Crippen molar-refractivity contribution in [3.8, 4) is 0 Å².